The van der Waals surface area contributed by atoms with Gasteiger partial charge >= 0.3 is 0 Å². The lowest BCUT2D eigenvalue weighted by atomic mass is 9.80. The number of hydrogen-bond donors (Lipinski definition) is 2. The number of oxime groups is 1. The van der Waals surface area contributed by atoms with Crippen LogP contribution in [0.3, 0.4) is 0 Å². The van der Waals surface area contributed by atoms with Gasteiger partial charge in [-0.1, -0.05) is 12.1 Å². The third-order valence-electron chi connectivity index (χ3n) is 4.17. The average Bonchev–Trinajstić information content (AvgIpc) is 2.47. The number of ether oxygens (including phenoxy) is 1. The second-order valence-corrected chi connectivity index (χ2v) is 7.39. The van der Waals surface area contributed by atoms with Crippen LogP contribution in [0.15, 0.2) is 5.16 Å². The first-order chi connectivity index (χ1) is 9.40. The molecular weight excluding hydrogens is 284 g/mol. The highest BCUT2D eigenvalue weighted by atomic mass is 32.2. The number of amidine groups is 1. The molecule has 2 saturated heterocycles. The molecule has 0 amide bonds. The van der Waals surface area contributed by atoms with Crippen molar-refractivity contribution in [1.82, 2.24) is 8.61 Å². The van der Waals surface area contributed by atoms with Crippen LogP contribution in [-0.2, 0) is 14.9 Å². The molecule has 0 aromatic carbocycles. The smallest absolute Gasteiger partial charge is 0.282 e. The molecule has 0 aromatic heterocycles. The maximum atomic E-state index is 12.5. The van der Waals surface area contributed by atoms with Crippen LogP contribution in [-0.4, -0.2) is 67.5 Å². The molecule has 116 valence electrons. The van der Waals surface area contributed by atoms with Gasteiger partial charge in [0.1, 0.15) is 5.84 Å². The second-order valence-electron chi connectivity index (χ2n) is 5.46. The Hall–Kier alpha value is -0.900. The predicted molar refractivity (Wildman–Crippen MR) is 73.6 cm³/mol. The van der Waals surface area contributed by atoms with Gasteiger partial charge in [0, 0.05) is 31.6 Å². The fourth-order valence-electron chi connectivity index (χ4n) is 2.53. The van der Waals surface area contributed by atoms with Crippen molar-refractivity contribution in [2.24, 2.45) is 16.3 Å². The highest BCUT2D eigenvalue weighted by Gasteiger charge is 2.40. The van der Waals surface area contributed by atoms with E-state index in [0.29, 0.717) is 52.2 Å². The Morgan fingerprint density at radius 1 is 1.20 bits per heavy atom. The van der Waals surface area contributed by atoms with Crippen molar-refractivity contribution < 1.29 is 18.4 Å². The molecule has 0 radical (unpaired) electrons. The molecular formula is C11H22N4O4S. The molecule has 0 saturated carbocycles. The molecule has 9 heteroatoms. The Labute approximate surface area is 119 Å². The van der Waals surface area contributed by atoms with Crippen molar-refractivity contribution in [3.8, 4) is 0 Å². The largest absolute Gasteiger partial charge is 0.409 e. The van der Waals surface area contributed by atoms with Crippen LogP contribution in [0.5, 0.6) is 0 Å². The molecule has 0 unspecified atom stereocenters. The van der Waals surface area contributed by atoms with E-state index in [2.05, 4.69) is 5.16 Å². The van der Waals surface area contributed by atoms with Crippen LogP contribution in [0.1, 0.15) is 19.8 Å². The lowest BCUT2D eigenvalue weighted by Crippen LogP contribution is -2.53. The minimum Gasteiger partial charge on any atom is -0.409 e. The van der Waals surface area contributed by atoms with Crippen molar-refractivity contribution in [2.75, 3.05) is 39.4 Å². The van der Waals surface area contributed by atoms with Gasteiger partial charge in [0.25, 0.3) is 10.2 Å². The van der Waals surface area contributed by atoms with Crippen molar-refractivity contribution in [3.05, 3.63) is 0 Å². The lowest BCUT2D eigenvalue weighted by molar-refractivity contribution is 0.0689. The van der Waals surface area contributed by atoms with Gasteiger partial charge in [-0.15, -0.1) is 0 Å². The van der Waals surface area contributed by atoms with Gasteiger partial charge in [0.15, 0.2) is 0 Å². The van der Waals surface area contributed by atoms with Crippen LogP contribution in [0.4, 0.5) is 0 Å². The van der Waals surface area contributed by atoms with E-state index in [1.165, 1.54) is 8.61 Å². The number of rotatable bonds is 3. The van der Waals surface area contributed by atoms with Crippen molar-refractivity contribution in [2.45, 2.75) is 19.8 Å². The summed E-state index contributed by atoms with van der Waals surface area (Å²) in [6, 6.07) is 0. The Bertz CT molecular complexity index is 465. The van der Waals surface area contributed by atoms with E-state index < -0.39 is 15.6 Å². The zero-order valence-corrected chi connectivity index (χ0v) is 12.5. The van der Waals surface area contributed by atoms with E-state index in [1.54, 1.807) is 0 Å². The maximum Gasteiger partial charge on any atom is 0.282 e. The molecule has 0 spiro atoms. The van der Waals surface area contributed by atoms with Crippen molar-refractivity contribution in [3.63, 3.8) is 0 Å². The number of morpholine rings is 1. The topological polar surface area (TPSA) is 108 Å². The van der Waals surface area contributed by atoms with Crippen LogP contribution in [0, 0.1) is 5.41 Å². The molecule has 8 nitrogen and oxygen atoms in total. The first kappa shape index (κ1) is 15.5. The van der Waals surface area contributed by atoms with E-state index >= 15 is 0 Å². The molecule has 20 heavy (non-hydrogen) atoms. The van der Waals surface area contributed by atoms with Crippen LogP contribution in [0.25, 0.3) is 0 Å². The van der Waals surface area contributed by atoms with Crippen LogP contribution in [0.2, 0.25) is 0 Å². The zero-order valence-electron chi connectivity index (χ0n) is 11.7. The Kier molecular flexibility index (Phi) is 4.52. The first-order valence-electron chi connectivity index (χ1n) is 6.71. The van der Waals surface area contributed by atoms with Crippen molar-refractivity contribution >= 4 is 16.0 Å². The SMILES string of the molecule is CC1(C(N)=NO)CCN(S(=O)(=O)N2CCOCC2)CC1. The van der Waals surface area contributed by atoms with Gasteiger partial charge in [-0.2, -0.15) is 17.0 Å². The molecule has 2 fully saturated rings. The van der Waals surface area contributed by atoms with E-state index in [4.69, 9.17) is 15.7 Å². The highest BCUT2D eigenvalue weighted by Crippen LogP contribution is 2.32. The summed E-state index contributed by atoms with van der Waals surface area (Å²) in [4.78, 5) is 0. The highest BCUT2D eigenvalue weighted by molar-refractivity contribution is 7.86. The lowest BCUT2D eigenvalue weighted by Gasteiger charge is -2.40. The Morgan fingerprint density at radius 3 is 2.20 bits per heavy atom. The molecule has 2 rings (SSSR count). The zero-order chi connectivity index (χ0) is 14.8. The molecule has 0 aliphatic carbocycles. The summed E-state index contributed by atoms with van der Waals surface area (Å²) in [6.07, 6.45) is 1.10. The molecule has 3 N–H and O–H groups in total. The standard InChI is InChI=1S/C11H22N4O4S/c1-11(10(12)13-16)2-4-14(5-3-11)20(17,18)15-6-8-19-9-7-15/h16H,2-9H2,1H3,(H2,12,13). The second kappa shape index (κ2) is 5.84. The van der Waals surface area contributed by atoms with E-state index in [9.17, 15) is 8.42 Å². The summed E-state index contributed by atoms with van der Waals surface area (Å²) in [5.41, 5.74) is 5.25. The normalized spacial score (nSPS) is 26.6. The van der Waals surface area contributed by atoms with Gasteiger partial charge < -0.3 is 15.7 Å². The minimum absolute atomic E-state index is 0.168. The number of piperidine rings is 1. The maximum absolute atomic E-state index is 12.5. The summed E-state index contributed by atoms with van der Waals surface area (Å²) in [7, 11) is -3.42. The van der Waals surface area contributed by atoms with Gasteiger partial charge in [-0.25, -0.2) is 0 Å². The predicted octanol–water partition coefficient (Wildman–Crippen LogP) is -0.588. The minimum atomic E-state index is -3.42. The number of nitrogens with zero attached hydrogens (tertiary/aromatic N) is 3. The van der Waals surface area contributed by atoms with E-state index in [0.717, 1.165) is 0 Å². The van der Waals surface area contributed by atoms with Gasteiger partial charge in [-0.3, -0.25) is 0 Å². The Morgan fingerprint density at radius 2 is 1.70 bits per heavy atom. The number of hydrogen-bond acceptors (Lipinski definition) is 5. The summed E-state index contributed by atoms with van der Waals surface area (Å²) in [5.74, 6) is 0.168. The fraction of sp³-hybridized carbons (Fsp3) is 0.909. The third-order valence-corrected chi connectivity index (χ3v) is 6.21. The molecule has 0 aromatic rings. The van der Waals surface area contributed by atoms with Gasteiger partial charge in [-0.05, 0) is 12.8 Å². The molecule has 0 bridgehead atoms. The fourth-order valence-corrected chi connectivity index (χ4v) is 4.11. The summed E-state index contributed by atoms with van der Waals surface area (Å²) < 4.78 is 33.1. The summed E-state index contributed by atoms with van der Waals surface area (Å²) in [6.45, 7) is 4.33. The van der Waals surface area contributed by atoms with Gasteiger partial charge in [0.05, 0.1) is 13.2 Å². The molecule has 2 aliphatic rings. The van der Waals surface area contributed by atoms with Gasteiger partial charge in [0.2, 0.25) is 0 Å². The monoisotopic (exact) mass is 306 g/mol. The van der Waals surface area contributed by atoms with E-state index in [1.807, 2.05) is 6.92 Å². The van der Waals surface area contributed by atoms with Crippen LogP contribution >= 0.6 is 0 Å². The first-order valence-corrected chi connectivity index (χ1v) is 8.11. The summed E-state index contributed by atoms with van der Waals surface area (Å²) in [5, 5.41) is 11.9. The Balaban J connectivity index is 2.03. The quantitative estimate of drug-likeness (QED) is 0.314. The number of nitrogens with two attached hydrogens (primary N) is 1. The third kappa shape index (κ3) is 2.90. The van der Waals surface area contributed by atoms with Crippen molar-refractivity contribution in [1.29, 1.82) is 0 Å². The average molecular weight is 306 g/mol. The molecule has 2 heterocycles. The molecule has 2 aliphatic heterocycles. The molecule has 0 atom stereocenters. The summed E-state index contributed by atoms with van der Waals surface area (Å²) >= 11 is 0. The van der Waals surface area contributed by atoms with Crippen LogP contribution < -0.4 is 5.73 Å². The van der Waals surface area contributed by atoms with E-state index in [-0.39, 0.29) is 5.84 Å².